The first-order valence-corrected chi connectivity index (χ1v) is 8.78. The van der Waals surface area contributed by atoms with Crippen molar-refractivity contribution in [1.29, 1.82) is 0 Å². The largest absolute Gasteiger partial charge is 0.463 e. The normalized spacial score (nSPS) is 16.9. The highest BCUT2D eigenvalue weighted by molar-refractivity contribution is 9.10. The fraction of sp³-hybridized carbons (Fsp3) is 0.278. The highest BCUT2D eigenvalue weighted by Gasteiger charge is 2.30. The standard InChI is InChI=1S/C18H19BrN2O5/c1-3-25-17(23)16-11(2)20-18(24)21-14(16)10-26-15(22)8-7-12-5-4-6-13(19)9-12/h4-9,11H,3,10H2,1-2H3,(H2,20,21,24)/b8-7+/t11-/m0/s1. The van der Waals surface area contributed by atoms with Crippen molar-refractivity contribution >= 4 is 40.0 Å². The van der Waals surface area contributed by atoms with E-state index in [1.54, 1.807) is 19.9 Å². The van der Waals surface area contributed by atoms with E-state index >= 15 is 0 Å². The Morgan fingerprint density at radius 3 is 2.77 bits per heavy atom. The molecule has 1 heterocycles. The Morgan fingerprint density at radius 2 is 2.08 bits per heavy atom. The van der Waals surface area contributed by atoms with E-state index in [9.17, 15) is 14.4 Å². The molecule has 2 amide bonds. The van der Waals surface area contributed by atoms with Gasteiger partial charge < -0.3 is 20.1 Å². The molecule has 0 spiro atoms. The van der Waals surface area contributed by atoms with E-state index in [0.29, 0.717) is 0 Å². The Morgan fingerprint density at radius 1 is 1.31 bits per heavy atom. The zero-order chi connectivity index (χ0) is 19.1. The number of ether oxygens (including phenoxy) is 2. The van der Waals surface area contributed by atoms with Gasteiger partial charge in [-0.25, -0.2) is 14.4 Å². The Bertz CT molecular complexity index is 773. The zero-order valence-electron chi connectivity index (χ0n) is 14.4. The minimum absolute atomic E-state index is 0.200. The van der Waals surface area contributed by atoms with Crippen LogP contribution in [0.2, 0.25) is 0 Å². The van der Waals surface area contributed by atoms with Crippen LogP contribution >= 0.6 is 15.9 Å². The van der Waals surface area contributed by atoms with E-state index < -0.39 is 24.0 Å². The average molecular weight is 423 g/mol. The molecule has 0 aromatic heterocycles. The third-order valence-corrected chi connectivity index (χ3v) is 3.98. The second kappa shape index (κ2) is 9.19. The highest BCUT2D eigenvalue weighted by atomic mass is 79.9. The van der Waals surface area contributed by atoms with Crippen LogP contribution in [0.15, 0.2) is 46.1 Å². The Balaban J connectivity index is 2.06. The topological polar surface area (TPSA) is 93.7 Å². The molecule has 138 valence electrons. The minimum Gasteiger partial charge on any atom is -0.463 e. The van der Waals surface area contributed by atoms with Crippen LogP contribution in [0.4, 0.5) is 4.79 Å². The van der Waals surface area contributed by atoms with Crippen molar-refractivity contribution in [1.82, 2.24) is 10.6 Å². The number of hydrogen-bond acceptors (Lipinski definition) is 5. The van der Waals surface area contributed by atoms with Crippen molar-refractivity contribution < 1.29 is 23.9 Å². The van der Waals surface area contributed by atoms with Crippen LogP contribution in [-0.4, -0.2) is 37.2 Å². The number of halogens is 1. The van der Waals surface area contributed by atoms with Crippen LogP contribution in [0.3, 0.4) is 0 Å². The van der Waals surface area contributed by atoms with Gasteiger partial charge in [-0.1, -0.05) is 28.1 Å². The number of rotatable bonds is 6. The lowest BCUT2D eigenvalue weighted by Crippen LogP contribution is -2.50. The molecule has 1 aromatic rings. The van der Waals surface area contributed by atoms with Gasteiger partial charge >= 0.3 is 18.0 Å². The van der Waals surface area contributed by atoms with Gasteiger partial charge in [0.1, 0.15) is 6.61 Å². The zero-order valence-corrected chi connectivity index (χ0v) is 16.0. The molecule has 2 rings (SSSR count). The fourth-order valence-electron chi connectivity index (χ4n) is 2.36. The van der Waals surface area contributed by atoms with E-state index in [0.717, 1.165) is 10.0 Å². The third-order valence-electron chi connectivity index (χ3n) is 3.48. The van der Waals surface area contributed by atoms with Crippen LogP contribution < -0.4 is 10.6 Å². The summed E-state index contributed by atoms with van der Waals surface area (Å²) in [5.41, 5.74) is 1.27. The van der Waals surface area contributed by atoms with Crippen molar-refractivity contribution in [3.05, 3.63) is 51.6 Å². The Hall–Kier alpha value is -2.61. The maximum Gasteiger partial charge on any atom is 0.338 e. The number of amides is 2. The summed E-state index contributed by atoms with van der Waals surface area (Å²) >= 11 is 3.35. The third kappa shape index (κ3) is 5.45. The van der Waals surface area contributed by atoms with Gasteiger partial charge in [-0.2, -0.15) is 0 Å². The number of hydrogen-bond donors (Lipinski definition) is 2. The molecule has 0 radical (unpaired) electrons. The van der Waals surface area contributed by atoms with Crippen molar-refractivity contribution in [3.63, 3.8) is 0 Å². The first-order chi connectivity index (χ1) is 12.4. The number of carbonyl (C=O) groups is 3. The molecule has 0 aliphatic carbocycles. The van der Waals surface area contributed by atoms with E-state index in [2.05, 4.69) is 26.6 Å². The average Bonchev–Trinajstić information content (AvgIpc) is 2.57. The lowest BCUT2D eigenvalue weighted by Gasteiger charge is -2.26. The quantitative estimate of drug-likeness (QED) is 0.542. The molecule has 0 saturated heterocycles. The fourth-order valence-corrected chi connectivity index (χ4v) is 2.78. The van der Waals surface area contributed by atoms with Crippen LogP contribution in [0.1, 0.15) is 19.4 Å². The van der Waals surface area contributed by atoms with Crippen LogP contribution in [-0.2, 0) is 19.1 Å². The maximum absolute atomic E-state index is 12.1. The lowest BCUT2D eigenvalue weighted by molar-refractivity contribution is -0.140. The maximum atomic E-state index is 12.1. The van der Waals surface area contributed by atoms with Gasteiger partial charge in [0.05, 0.1) is 23.9 Å². The summed E-state index contributed by atoms with van der Waals surface area (Å²) in [4.78, 5) is 35.6. The molecule has 1 aromatic carbocycles. The summed E-state index contributed by atoms with van der Waals surface area (Å²) < 4.78 is 11.0. The monoisotopic (exact) mass is 422 g/mol. The van der Waals surface area contributed by atoms with E-state index in [1.807, 2.05) is 24.3 Å². The minimum atomic E-state index is -0.596. The van der Waals surface area contributed by atoms with Crippen LogP contribution in [0.5, 0.6) is 0 Å². The molecular formula is C18H19BrN2O5. The summed E-state index contributed by atoms with van der Waals surface area (Å²) in [5, 5.41) is 5.06. The second-order valence-electron chi connectivity index (χ2n) is 5.43. The summed E-state index contributed by atoms with van der Waals surface area (Å²) in [6, 6.07) is 6.39. The van der Waals surface area contributed by atoms with E-state index in [1.165, 1.54) is 6.08 Å². The first kappa shape index (κ1) is 19.7. The molecule has 8 heteroatoms. The van der Waals surface area contributed by atoms with Crippen LogP contribution in [0.25, 0.3) is 6.08 Å². The van der Waals surface area contributed by atoms with E-state index in [4.69, 9.17) is 9.47 Å². The van der Waals surface area contributed by atoms with Gasteiger partial charge in [-0.3, -0.25) is 0 Å². The molecular weight excluding hydrogens is 404 g/mol. The predicted octanol–water partition coefficient (Wildman–Crippen LogP) is 2.52. The van der Waals surface area contributed by atoms with Crippen molar-refractivity contribution in [2.24, 2.45) is 0 Å². The lowest BCUT2D eigenvalue weighted by atomic mass is 10.0. The molecule has 0 unspecified atom stereocenters. The smallest absolute Gasteiger partial charge is 0.338 e. The predicted molar refractivity (Wildman–Crippen MR) is 98.9 cm³/mol. The van der Waals surface area contributed by atoms with Gasteiger partial charge in [0, 0.05) is 10.5 Å². The molecule has 1 aliphatic rings. The Labute approximate surface area is 159 Å². The molecule has 26 heavy (non-hydrogen) atoms. The van der Waals surface area contributed by atoms with Crippen molar-refractivity contribution in [2.75, 3.05) is 13.2 Å². The van der Waals surface area contributed by atoms with Gasteiger partial charge in [0.15, 0.2) is 0 Å². The molecule has 0 bridgehead atoms. The van der Waals surface area contributed by atoms with Gasteiger partial charge in [0.2, 0.25) is 0 Å². The van der Waals surface area contributed by atoms with Crippen molar-refractivity contribution in [2.45, 2.75) is 19.9 Å². The molecule has 0 fully saturated rings. The second-order valence-corrected chi connectivity index (χ2v) is 6.34. The highest BCUT2D eigenvalue weighted by Crippen LogP contribution is 2.15. The van der Waals surface area contributed by atoms with Gasteiger partial charge in [-0.15, -0.1) is 0 Å². The molecule has 1 aliphatic heterocycles. The summed E-state index contributed by atoms with van der Waals surface area (Å²) in [5.74, 6) is -1.16. The summed E-state index contributed by atoms with van der Waals surface area (Å²) in [6.45, 7) is 3.30. The SMILES string of the molecule is CCOC(=O)C1=C(COC(=O)/C=C/c2cccc(Br)c2)NC(=O)N[C@H]1C. The molecule has 0 saturated carbocycles. The Kier molecular flexibility index (Phi) is 6.97. The number of benzene rings is 1. The first-order valence-electron chi connectivity index (χ1n) is 7.98. The number of nitrogens with one attached hydrogen (secondary N) is 2. The van der Waals surface area contributed by atoms with Crippen LogP contribution in [0, 0.1) is 0 Å². The number of urea groups is 1. The molecule has 7 nitrogen and oxygen atoms in total. The van der Waals surface area contributed by atoms with Gasteiger partial charge in [-0.05, 0) is 37.6 Å². The summed E-state index contributed by atoms with van der Waals surface area (Å²) in [6.07, 6.45) is 2.88. The molecule has 2 N–H and O–H groups in total. The van der Waals surface area contributed by atoms with E-state index in [-0.39, 0.29) is 24.5 Å². The summed E-state index contributed by atoms with van der Waals surface area (Å²) in [7, 11) is 0. The van der Waals surface area contributed by atoms with Gasteiger partial charge in [0.25, 0.3) is 0 Å². The number of carbonyl (C=O) groups excluding carboxylic acids is 3. The van der Waals surface area contributed by atoms with Crippen molar-refractivity contribution in [3.8, 4) is 0 Å². The number of esters is 2. The molecule has 1 atom stereocenters.